The largest absolute Gasteiger partial charge is 0.340 e. The molecule has 0 aromatic heterocycles. The van der Waals surface area contributed by atoms with E-state index in [1.54, 1.807) is 0 Å². The van der Waals surface area contributed by atoms with Crippen LogP contribution in [0.25, 0.3) is 0 Å². The summed E-state index contributed by atoms with van der Waals surface area (Å²) in [6.07, 6.45) is 3.35. The molecule has 2 aliphatic rings. The molecule has 0 radical (unpaired) electrons. The first kappa shape index (κ1) is 13.8. The molecule has 1 saturated carbocycles. The first-order chi connectivity index (χ1) is 8.66. The first-order valence-corrected chi connectivity index (χ1v) is 7.39. The number of nitrogens with zero attached hydrogens (tertiary/aromatic N) is 2. The van der Waals surface area contributed by atoms with Crippen LogP contribution in [0.1, 0.15) is 33.1 Å². The highest BCUT2D eigenvalue weighted by Gasteiger charge is 2.29. The summed E-state index contributed by atoms with van der Waals surface area (Å²) in [4.78, 5) is 16.6. The predicted molar refractivity (Wildman–Crippen MR) is 73.5 cm³/mol. The molecule has 0 bridgehead atoms. The summed E-state index contributed by atoms with van der Waals surface area (Å²) >= 11 is 0. The average Bonchev–Trinajstić information content (AvgIpc) is 3.19. The van der Waals surface area contributed by atoms with Gasteiger partial charge in [-0.15, -0.1) is 0 Å². The van der Waals surface area contributed by atoms with Gasteiger partial charge in [-0.25, -0.2) is 0 Å². The molecule has 1 heterocycles. The summed E-state index contributed by atoms with van der Waals surface area (Å²) in [5.74, 6) is 1.03. The van der Waals surface area contributed by atoms with Crippen molar-refractivity contribution in [3.8, 4) is 0 Å². The lowest BCUT2D eigenvalue weighted by atomic mass is 10.2. The van der Waals surface area contributed by atoms with Gasteiger partial charge in [0, 0.05) is 51.7 Å². The van der Waals surface area contributed by atoms with Crippen molar-refractivity contribution in [3.63, 3.8) is 0 Å². The van der Waals surface area contributed by atoms with Gasteiger partial charge >= 0.3 is 0 Å². The maximum absolute atomic E-state index is 12.1. The molecule has 1 amide bonds. The van der Waals surface area contributed by atoms with Crippen molar-refractivity contribution in [2.75, 3.05) is 39.3 Å². The third-order valence-corrected chi connectivity index (χ3v) is 3.75. The lowest BCUT2D eigenvalue weighted by molar-refractivity contribution is -0.132. The van der Waals surface area contributed by atoms with Crippen LogP contribution in [0.5, 0.6) is 0 Å². The minimum absolute atomic E-state index is 0.339. The van der Waals surface area contributed by atoms with Gasteiger partial charge in [0.1, 0.15) is 0 Å². The Hall–Kier alpha value is -0.610. The number of hydrogen-bond donors (Lipinski definition) is 1. The van der Waals surface area contributed by atoms with E-state index in [2.05, 4.69) is 24.1 Å². The zero-order valence-corrected chi connectivity index (χ0v) is 11.8. The van der Waals surface area contributed by atoms with Crippen molar-refractivity contribution < 1.29 is 4.79 Å². The minimum atomic E-state index is 0.339. The summed E-state index contributed by atoms with van der Waals surface area (Å²) in [7, 11) is 0. The van der Waals surface area contributed by atoms with E-state index in [1.807, 2.05) is 4.90 Å². The smallest absolute Gasteiger partial charge is 0.223 e. The third kappa shape index (κ3) is 4.25. The van der Waals surface area contributed by atoms with Crippen molar-refractivity contribution in [1.82, 2.24) is 15.1 Å². The Kier molecular flexibility index (Phi) is 5.01. The van der Waals surface area contributed by atoms with Gasteiger partial charge in [0.2, 0.25) is 5.91 Å². The highest BCUT2D eigenvalue weighted by atomic mass is 16.2. The second-order valence-corrected chi connectivity index (χ2v) is 6.00. The predicted octanol–water partition coefficient (Wildman–Crippen LogP) is 0.929. The van der Waals surface area contributed by atoms with E-state index in [4.69, 9.17) is 0 Å². The summed E-state index contributed by atoms with van der Waals surface area (Å²) < 4.78 is 0. The fourth-order valence-corrected chi connectivity index (χ4v) is 2.64. The molecule has 0 unspecified atom stereocenters. The van der Waals surface area contributed by atoms with Crippen LogP contribution in [-0.2, 0) is 4.79 Å². The molecule has 18 heavy (non-hydrogen) atoms. The normalized spacial score (nSPS) is 20.8. The average molecular weight is 253 g/mol. The summed E-state index contributed by atoms with van der Waals surface area (Å²) in [5.41, 5.74) is 0. The van der Waals surface area contributed by atoms with Gasteiger partial charge in [0.25, 0.3) is 0 Å². The van der Waals surface area contributed by atoms with E-state index in [9.17, 15) is 4.79 Å². The van der Waals surface area contributed by atoms with Gasteiger partial charge in [0.15, 0.2) is 0 Å². The van der Waals surface area contributed by atoms with Crippen molar-refractivity contribution in [2.45, 2.75) is 39.2 Å². The lowest BCUT2D eigenvalue weighted by Gasteiger charge is -2.29. The molecule has 1 aliphatic carbocycles. The zero-order valence-electron chi connectivity index (χ0n) is 11.8. The van der Waals surface area contributed by atoms with Crippen LogP contribution < -0.4 is 5.32 Å². The van der Waals surface area contributed by atoms with Crippen molar-refractivity contribution >= 4 is 5.91 Å². The van der Waals surface area contributed by atoms with Gasteiger partial charge in [-0.2, -0.15) is 0 Å². The molecule has 1 N–H and O–H groups in total. The van der Waals surface area contributed by atoms with Crippen LogP contribution in [0, 0.1) is 5.92 Å². The molecule has 1 saturated heterocycles. The van der Waals surface area contributed by atoms with Gasteiger partial charge in [0.05, 0.1) is 0 Å². The van der Waals surface area contributed by atoms with Gasteiger partial charge in [-0.1, -0.05) is 13.8 Å². The SMILES string of the molecule is CC(C)CN(CCC(=O)N1CCNCC1)C1CC1. The van der Waals surface area contributed by atoms with E-state index in [1.165, 1.54) is 12.8 Å². The molecule has 104 valence electrons. The van der Waals surface area contributed by atoms with Gasteiger partial charge < -0.3 is 10.2 Å². The van der Waals surface area contributed by atoms with Crippen LogP contribution in [-0.4, -0.2) is 61.0 Å². The Labute approximate surface area is 111 Å². The van der Waals surface area contributed by atoms with Gasteiger partial charge in [-0.05, 0) is 18.8 Å². The second-order valence-electron chi connectivity index (χ2n) is 6.00. The topological polar surface area (TPSA) is 35.6 Å². The molecule has 0 spiro atoms. The number of rotatable bonds is 6. The molecule has 0 aromatic carbocycles. The number of nitrogens with one attached hydrogen (secondary N) is 1. The van der Waals surface area contributed by atoms with E-state index in [0.717, 1.165) is 45.3 Å². The lowest BCUT2D eigenvalue weighted by Crippen LogP contribution is -2.47. The maximum atomic E-state index is 12.1. The van der Waals surface area contributed by atoms with E-state index < -0.39 is 0 Å². The quantitative estimate of drug-likeness (QED) is 0.765. The number of carbonyl (C=O) groups is 1. The Balaban J connectivity index is 1.72. The van der Waals surface area contributed by atoms with Crippen LogP contribution in [0.3, 0.4) is 0 Å². The number of piperazine rings is 1. The molecule has 4 heteroatoms. The van der Waals surface area contributed by atoms with Gasteiger partial charge in [-0.3, -0.25) is 9.69 Å². The van der Waals surface area contributed by atoms with E-state index in [0.29, 0.717) is 18.2 Å². The Morgan fingerprint density at radius 2 is 2.00 bits per heavy atom. The highest BCUT2D eigenvalue weighted by Crippen LogP contribution is 2.27. The van der Waals surface area contributed by atoms with Crippen molar-refractivity contribution in [1.29, 1.82) is 0 Å². The maximum Gasteiger partial charge on any atom is 0.223 e. The summed E-state index contributed by atoms with van der Waals surface area (Å²) in [6, 6.07) is 0.767. The zero-order chi connectivity index (χ0) is 13.0. The minimum Gasteiger partial charge on any atom is -0.340 e. The second kappa shape index (κ2) is 6.53. The number of hydrogen-bond acceptors (Lipinski definition) is 3. The van der Waals surface area contributed by atoms with E-state index >= 15 is 0 Å². The molecule has 4 nitrogen and oxygen atoms in total. The van der Waals surface area contributed by atoms with Crippen LogP contribution in [0.4, 0.5) is 0 Å². The van der Waals surface area contributed by atoms with Crippen molar-refractivity contribution in [2.24, 2.45) is 5.92 Å². The summed E-state index contributed by atoms with van der Waals surface area (Å²) in [6.45, 7) is 10.3. The Bertz CT molecular complexity index is 270. The summed E-state index contributed by atoms with van der Waals surface area (Å²) in [5, 5.41) is 3.28. The fraction of sp³-hybridized carbons (Fsp3) is 0.929. The molecular weight excluding hydrogens is 226 g/mol. The highest BCUT2D eigenvalue weighted by molar-refractivity contribution is 5.76. The molecular formula is C14H27N3O. The monoisotopic (exact) mass is 253 g/mol. The molecule has 1 aliphatic heterocycles. The molecule has 0 aromatic rings. The Morgan fingerprint density at radius 1 is 1.33 bits per heavy atom. The van der Waals surface area contributed by atoms with Crippen LogP contribution >= 0.6 is 0 Å². The standard InChI is InChI=1S/C14H27N3O/c1-12(2)11-17(13-3-4-13)8-5-14(18)16-9-6-15-7-10-16/h12-13,15H,3-11H2,1-2H3. The molecule has 2 fully saturated rings. The van der Waals surface area contributed by atoms with E-state index in [-0.39, 0.29) is 0 Å². The molecule has 2 rings (SSSR count). The Morgan fingerprint density at radius 3 is 2.56 bits per heavy atom. The number of amides is 1. The first-order valence-electron chi connectivity index (χ1n) is 7.39. The molecule has 0 atom stereocenters. The van der Waals surface area contributed by atoms with Crippen LogP contribution in [0.15, 0.2) is 0 Å². The van der Waals surface area contributed by atoms with Crippen molar-refractivity contribution in [3.05, 3.63) is 0 Å². The fourth-order valence-electron chi connectivity index (χ4n) is 2.64. The third-order valence-electron chi connectivity index (χ3n) is 3.75. The van der Waals surface area contributed by atoms with Crippen LogP contribution in [0.2, 0.25) is 0 Å². The number of carbonyl (C=O) groups excluding carboxylic acids is 1.